The molecule has 0 saturated carbocycles. The molecule has 0 aromatic heterocycles. The van der Waals surface area contributed by atoms with Gasteiger partial charge >= 0.3 is 0 Å². The maximum Gasteiger partial charge on any atom is 0.227 e. The van der Waals surface area contributed by atoms with Crippen molar-refractivity contribution >= 4 is 58.0 Å². The summed E-state index contributed by atoms with van der Waals surface area (Å²) >= 11 is 29.4. The van der Waals surface area contributed by atoms with Crippen molar-refractivity contribution in [3.63, 3.8) is 0 Å². The molecule has 1 nitrogen and oxygen atoms in total. The Kier molecular flexibility index (Phi) is 4.57. The van der Waals surface area contributed by atoms with Crippen molar-refractivity contribution in [2.24, 2.45) is 0 Å². The molecule has 1 aromatic rings. The summed E-state index contributed by atoms with van der Waals surface area (Å²) in [5, 5.41) is 12.1. The van der Waals surface area contributed by atoms with Crippen LogP contribution in [0.4, 0.5) is 0 Å². The molecule has 0 unspecified atom stereocenters. The normalized spacial score (nSPS) is 13.9. The van der Waals surface area contributed by atoms with E-state index in [4.69, 9.17) is 58.0 Å². The van der Waals surface area contributed by atoms with Gasteiger partial charge in [0.05, 0.1) is 0 Å². The van der Waals surface area contributed by atoms with Crippen molar-refractivity contribution in [2.75, 3.05) is 0 Å². The van der Waals surface area contributed by atoms with E-state index in [1.807, 2.05) is 0 Å². The second-order valence-electron chi connectivity index (χ2n) is 4.13. The van der Waals surface area contributed by atoms with E-state index in [0.29, 0.717) is 11.1 Å². The largest absolute Gasteiger partial charge is 0.227 e. The Morgan fingerprint density at radius 3 is 1.65 bits per heavy atom. The highest BCUT2D eigenvalue weighted by Crippen LogP contribution is 2.54. The zero-order chi connectivity index (χ0) is 13.5. The van der Waals surface area contributed by atoms with E-state index in [9.17, 15) is 5.11 Å². The van der Waals surface area contributed by atoms with Crippen LogP contribution in [0.2, 0.25) is 0 Å². The van der Waals surface area contributed by atoms with Gasteiger partial charge in [0.2, 0.25) is 3.79 Å². The van der Waals surface area contributed by atoms with Gasteiger partial charge in [0, 0.05) is 0 Å². The smallest absolute Gasteiger partial charge is 0.225 e. The number of rotatable bonds is 2. The highest BCUT2D eigenvalue weighted by atomic mass is 35.6. The van der Waals surface area contributed by atoms with Gasteiger partial charge in [-0.1, -0.05) is 82.3 Å². The standard InChI is InChI=1S/C11H10Cl5O/c1-9(2,17)7-5-3-4-6-8(7)10(12,13)11(14,15)16/h3-6H,1-2H3. The van der Waals surface area contributed by atoms with Gasteiger partial charge < -0.3 is 0 Å². The topological polar surface area (TPSA) is 19.9 Å². The molecule has 0 bridgehead atoms. The summed E-state index contributed by atoms with van der Waals surface area (Å²) in [6, 6.07) is 6.59. The second-order valence-corrected chi connectivity index (χ2v) is 7.74. The van der Waals surface area contributed by atoms with Gasteiger partial charge in [-0.3, -0.25) is 0 Å². The molecular formula is C11H10Cl5O. The van der Waals surface area contributed by atoms with Crippen LogP contribution in [-0.2, 0) is 15.0 Å². The molecule has 0 N–H and O–H groups in total. The SMILES string of the molecule is CC(C)([O])c1ccccc1C(Cl)(Cl)C(Cl)(Cl)Cl. The first-order valence-electron chi connectivity index (χ1n) is 4.73. The first kappa shape index (κ1) is 15.7. The molecule has 0 spiro atoms. The van der Waals surface area contributed by atoms with Gasteiger partial charge in [0.25, 0.3) is 0 Å². The molecule has 0 saturated heterocycles. The Bertz CT molecular complexity index is 403. The molecule has 0 amide bonds. The van der Waals surface area contributed by atoms with Gasteiger partial charge in [0.1, 0.15) is 5.60 Å². The highest BCUT2D eigenvalue weighted by Gasteiger charge is 2.49. The van der Waals surface area contributed by atoms with E-state index in [-0.39, 0.29) is 0 Å². The minimum Gasteiger partial charge on any atom is -0.225 e. The quantitative estimate of drug-likeness (QED) is 0.649. The molecule has 17 heavy (non-hydrogen) atoms. The van der Waals surface area contributed by atoms with Crippen molar-refractivity contribution in [3.05, 3.63) is 35.4 Å². The summed E-state index contributed by atoms with van der Waals surface area (Å²) in [6.07, 6.45) is 0. The first-order chi connectivity index (χ1) is 7.48. The molecule has 95 valence electrons. The molecule has 1 rings (SSSR count). The van der Waals surface area contributed by atoms with E-state index < -0.39 is 13.7 Å². The van der Waals surface area contributed by atoms with Crippen molar-refractivity contribution in [2.45, 2.75) is 27.6 Å². The van der Waals surface area contributed by atoms with Gasteiger partial charge in [-0.2, -0.15) is 0 Å². The monoisotopic (exact) mass is 333 g/mol. The Balaban J connectivity index is 3.43. The molecule has 1 radical (unpaired) electrons. The number of alkyl halides is 5. The van der Waals surface area contributed by atoms with Crippen LogP contribution in [0.25, 0.3) is 0 Å². The third-order valence-electron chi connectivity index (χ3n) is 2.27. The number of benzene rings is 1. The first-order valence-corrected chi connectivity index (χ1v) is 6.62. The third kappa shape index (κ3) is 3.34. The summed E-state index contributed by atoms with van der Waals surface area (Å²) in [5.74, 6) is 0. The van der Waals surface area contributed by atoms with Crippen LogP contribution < -0.4 is 0 Å². The lowest BCUT2D eigenvalue weighted by atomic mass is 9.91. The lowest BCUT2D eigenvalue weighted by Gasteiger charge is -2.31. The lowest BCUT2D eigenvalue weighted by Crippen LogP contribution is -2.32. The summed E-state index contributed by atoms with van der Waals surface area (Å²) in [6.45, 7) is 2.99. The van der Waals surface area contributed by atoms with E-state index in [1.54, 1.807) is 24.3 Å². The average Bonchev–Trinajstić information content (AvgIpc) is 2.14. The fourth-order valence-electron chi connectivity index (χ4n) is 1.43. The van der Waals surface area contributed by atoms with E-state index in [1.165, 1.54) is 13.8 Å². The van der Waals surface area contributed by atoms with Crippen molar-refractivity contribution in [1.82, 2.24) is 0 Å². The average molecular weight is 335 g/mol. The van der Waals surface area contributed by atoms with Crippen LogP contribution in [0, 0.1) is 0 Å². The van der Waals surface area contributed by atoms with Gasteiger partial charge in [-0.05, 0) is 25.0 Å². The fourth-order valence-corrected chi connectivity index (χ4v) is 2.07. The summed E-state index contributed by atoms with van der Waals surface area (Å²) in [7, 11) is 0. The predicted molar refractivity (Wildman–Crippen MR) is 73.8 cm³/mol. The fraction of sp³-hybridized carbons (Fsp3) is 0.455. The molecule has 0 aliphatic carbocycles. The van der Waals surface area contributed by atoms with Crippen molar-refractivity contribution in [1.29, 1.82) is 0 Å². The maximum atomic E-state index is 12.1. The van der Waals surface area contributed by atoms with Gasteiger partial charge in [-0.15, -0.1) is 0 Å². The molecule has 0 aliphatic rings. The van der Waals surface area contributed by atoms with Crippen molar-refractivity contribution < 1.29 is 5.11 Å². The molecule has 0 fully saturated rings. The van der Waals surface area contributed by atoms with Crippen LogP contribution in [0.1, 0.15) is 25.0 Å². The van der Waals surface area contributed by atoms with E-state index in [2.05, 4.69) is 0 Å². The lowest BCUT2D eigenvalue weighted by molar-refractivity contribution is -0.00102. The zero-order valence-electron chi connectivity index (χ0n) is 9.11. The Morgan fingerprint density at radius 2 is 1.29 bits per heavy atom. The Morgan fingerprint density at radius 1 is 0.882 bits per heavy atom. The van der Waals surface area contributed by atoms with Crippen LogP contribution in [0.5, 0.6) is 0 Å². The Hall–Kier alpha value is 0.630. The zero-order valence-corrected chi connectivity index (χ0v) is 12.9. The van der Waals surface area contributed by atoms with Gasteiger partial charge in [-0.25, -0.2) is 5.11 Å². The van der Waals surface area contributed by atoms with Crippen LogP contribution >= 0.6 is 58.0 Å². The summed E-state index contributed by atoms with van der Waals surface area (Å²) in [5.41, 5.74) is -0.679. The molecular weight excluding hydrogens is 325 g/mol. The second kappa shape index (κ2) is 4.96. The van der Waals surface area contributed by atoms with E-state index >= 15 is 0 Å². The Labute approximate surface area is 126 Å². The predicted octanol–water partition coefficient (Wildman–Crippen LogP) is 5.35. The number of hydrogen-bond donors (Lipinski definition) is 0. The minimum atomic E-state index is -1.93. The third-order valence-corrected chi connectivity index (χ3v) is 4.67. The van der Waals surface area contributed by atoms with Gasteiger partial charge in [0.15, 0.2) is 4.33 Å². The van der Waals surface area contributed by atoms with Crippen LogP contribution in [0.3, 0.4) is 0 Å². The molecule has 1 aromatic carbocycles. The number of halogens is 5. The molecule has 0 aliphatic heterocycles. The summed E-state index contributed by atoms with van der Waals surface area (Å²) < 4.78 is -3.71. The minimum absolute atomic E-state index is 0.309. The highest BCUT2D eigenvalue weighted by molar-refractivity contribution is 6.75. The maximum absolute atomic E-state index is 12.1. The molecule has 6 heteroatoms. The number of hydrogen-bond acceptors (Lipinski definition) is 0. The van der Waals surface area contributed by atoms with Crippen molar-refractivity contribution in [3.8, 4) is 0 Å². The van der Waals surface area contributed by atoms with Crippen LogP contribution in [-0.4, -0.2) is 3.79 Å². The summed E-state index contributed by atoms with van der Waals surface area (Å²) in [4.78, 5) is 0. The molecule has 0 heterocycles. The van der Waals surface area contributed by atoms with Crippen LogP contribution in [0.15, 0.2) is 24.3 Å². The molecule has 0 atom stereocenters. The van der Waals surface area contributed by atoms with E-state index in [0.717, 1.165) is 0 Å².